The fourth-order valence-corrected chi connectivity index (χ4v) is 2.07. The van der Waals surface area contributed by atoms with Crippen LogP contribution in [-0.4, -0.2) is 28.3 Å². The summed E-state index contributed by atoms with van der Waals surface area (Å²) in [5, 5.41) is 6.92. The second-order valence-corrected chi connectivity index (χ2v) is 4.86. The van der Waals surface area contributed by atoms with Gasteiger partial charge in [0.2, 0.25) is 0 Å². The van der Waals surface area contributed by atoms with Crippen molar-refractivity contribution in [2.75, 3.05) is 6.61 Å². The van der Waals surface area contributed by atoms with Gasteiger partial charge in [0, 0.05) is 13.1 Å². The minimum absolute atomic E-state index is 0.151. The summed E-state index contributed by atoms with van der Waals surface area (Å²) in [6, 6.07) is 10.9. The SMILES string of the molecule is CCOC(=O)c1cc(C(=O)NC(C)c2ccccc2)nn1C. The van der Waals surface area contributed by atoms with Crippen molar-refractivity contribution in [1.29, 1.82) is 0 Å². The van der Waals surface area contributed by atoms with Crippen LogP contribution in [0, 0.1) is 0 Å². The predicted molar refractivity (Wildman–Crippen MR) is 81.5 cm³/mol. The summed E-state index contributed by atoms with van der Waals surface area (Å²) in [5.74, 6) is -0.824. The van der Waals surface area contributed by atoms with E-state index in [1.165, 1.54) is 10.7 Å². The van der Waals surface area contributed by atoms with E-state index < -0.39 is 5.97 Å². The number of hydrogen-bond donors (Lipinski definition) is 1. The molecule has 1 heterocycles. The van der Waals surface area contributed by atoms with E-state index in [0.717, 1.165) is 5.56 Å². The zero-order valence-corrected chi connectivity index (χ0v) is 12.9. The number of carbonyl (C=O) groups excluding carboxylic acids is 2. The quantitative estimate of drug-likeness (QED) is 0.858. The summed E-state index contributed by atoms with van der Waals surface area (Å²) in [6.45, 7) is 3.89. The van der Waals surface area contributed by atoms with E-state index in [-0.39, 0.29) is 29.9 Å². The van der Waals surface area contributed by atoms with Gasteiger partial charge in [-0.25, -0.2) is 4.79 Å². The molecule has 0 fully saturated rings. The molecule has 1 aromatic carbocycles. The van der Waals surface area contributed by atoms with Crippen LogP contribution >= 0.6 is 0 Å². The van der Waals surface area contributed by atoms with Crippen molar-refractivity contribution in [3.8, 4) is 0 Å². The number of amides is 1. The first-order valence-corrected chi connectivity index (χ1v) is 7.10. The van der Waals surface area contributed by atoms with Gasteiger partial charge in [-0.1, -0.05) is 30.3 Å². The van der Waals surface area contributed by atoms with Crippen molar-refractivity contribution < 1.29 is 14.3 Å². The Labute approximate surface area is 129 Å². The molecular formula is C16H19N3O3. The smallest absolute Gasteiger partial charge is 0.356 e. The van der Waals surface area contributed by atoms with Crippen LogP contribution in [0.3, 0.4) is 0 Å². The molecule has 0 saturated carbocycles. The summed E-state index contributed by atoms with van der Waals surface area (Å²) in [5.41, 5.74) is 1.44. The maximum atomic E-state index is 12.2. The van der Waals surface area contributed by atoms with Crippen LogP contribution in [0.1, 0.15) is 46.4 Å². The van der Waals surface area contributed by atoms with Gasteiger partial charge in [-0.2, -0.15) is 5.10 Å². The fraction of sp³-hybridized carbons (Fsp3) is 0.312. The molecule has 0 aliphatic carbocycles. The molecule has 6 heteroatoms. The van der Waals surface area contributed by atoms with E-state index in [1.807, 2.05) is 37.3 Å². The lowest BCUT2D eigenvalue weighted by Gasteiger charge is -2.12. The molecule has 1 atom stereocenters. The first-order valence-electron chi connectivity index (χ1n) is 7.10. The van der Waals surface area contributed by atoms with Gasteiger partial charge in [-0.05, 0) is 19.4 Å². The zero-order chi connectivity index (χ0) is 16.1. The first kappa shape index (κ1) is 15.8. The van der Waals surface area contributed by atoms with Crippen LogP contribution in [-0.2, 0) is 11.8 Å². The number of aromatic nitrogens is 2. The molecule has 0 bridgehead atoms. The maximum Gasteiger partial charge on any atom is 0.356 e. The molecule has 1 N–H and O–H groups in total. The highest BCUT2D eigenvalue weighted by Gasteiger charge is 2.19. The predicted octanol–water partition coefficient (Wildman–Crippen LogP) is 2.09. The standard InChI is InChI=1S/C16H19N3O3/c1-4-22-16(21)14-10-13(18-19(14)3)15(20)17-11(2)12-8-6-5-7-9-12/h5-11H,4H2,1-3H3,(H,17,20). The van der Waals surface area contributed by atoms with Crippen molar-refractivity contribution in [3.63, 3.8) is 0 Å². The molecule has 1 unspecified atom stereocenters. The lowest BCUT2D eigenvalue weighted by Crippen LogP contribution is -2.27. The Morgan fingerprint density at radius 3 is 2.64 bits per heavy atom. The van der Waals surface area contributed by atoms with Gasteiger partial charge < -0.3 is 10.1 Å². The molecule has 22 heavy (non-hydrogen) atoms. The van der Waals surface area contributed by atoms with Crippen molar-refractivity contribution >= 4 is 11.9 Å². The number of carbonyl (C=O) groups is 2. The lowest BCUT2D eigenvalue weighted by atomic mass is 10.1. The summed E-state index contributed by atoms with van der Waals surface area (Å²) in [7, 11) is 1.60. The Morgan fingerprint density at radius 2 is 2.00 bits per heavy atom. The Balaban J connectivity index is 2.10. The van der Waals surface area contributed by atoms with E-state index in [9.17, 15) is 9.59 Å². The second-order valence-electron chi connectivity index (χ2n) is 4.86. The number of esters is 1. The van der Waals surface area contributed by atoms with E-state index in [0.29, 0.717) is 0 Å². The number of aryl methyl sites for hydroxylation is 1. The molecule has 0 spiro atoms. The van der Waals surface area contributed by atoms with E-state index >= 15 is 0 Å². The highest BCUT2D eigenvalue weighted by Crippen LogP contribution is 2.13. The second kappa shape index (κ2) is 6.89. The molecule has 116 valence electrons. The Kier molecular flexibility index (Phi) is 4.93. The Hall–Kier alpha value is -2.63. The molecule has 1 aromatic heterocycles. The zero-order valence-electron chi connectivity index (χ0n) is 12.9. The number of ether oxygens (including phenoxy) is 1. The van der Waals surface area contributed by atoms with Gasteiger partial charge in [-0.3, -0.25) is 9.48 Å². The van der Waals surface area contributed by atoms with Crippen molar-refractivity contribution in [2.45, 2.75) is 19.9 Å². The molecule has 0 aliphatic rings. The van der Waals surface area contributed by atoms with E-state index in [2.05, 4.69) is 10.4 Å². The number of benzene rings is 1. The first-order chi connectivity index (χ1) is 10.5. The Bertz CT molecular complexity index is 665. The van der Waals surface area contributed by atoms with Crippen LogP contribution < -0.4 is 5.32 Å². The van der Waals surface area contributed by atoms with Gasteiger partial charge in [-0.15, -0.1) is 0 Å². The number of nitrogens with one attached hydrogen (secondary N) is 1. The van der Waals surface area contributed by atoms with E-state index in [1.54, 1.807) is 14.0 Å². The van der Waals surface area contributed by atoms with Crippen molar-refractivity contribution in [1.82, 2.24) is 15.1 Å². The highest BCUT2D eigenvalue weighted by molar-refractivity contribution is 5.96. The molecule has 0 saturated heterocycles. The third-order valence-corrected chi connectivity index (χ3v) is 3.24. The molecule has 0 aliphatic heterocycles. The summed E-state index contributed by atoms with van der Waals surface area (Å²) < 4.78 is 6.27. The molecule has 6 nitrogen and oxygen atoms in total. The minimum Gasteiger partial charge on any atom is -0.461 e. The third kappa shape index (κ3) is 3.52. The summed E-state index contributed by atoms with van der Waals surface area (Å²) >= 11 is 0. The van der Waals surface area contributed by atoms with Crippen molar-refractivity contribution in [3.05, 3.63) is 53.3 Å². The van der Waals surface area contributed by atoms with E-state index in [4.69, 9.17) is 4.74 Å². The topological polar surface area (TPSA) is 73.2 Å². The van der Waals surface area contributed by atoms with Crippen LogP contribution in [0.15, 0.2) is 36.4 Å². The number of nitrogens with zero attached hydrogens (tertiary/aromatic N) is 2. The summed E-state index contributed by atoms with van der Waals surface area (Å²) in [4.78, 5) is 24.0. The molecule has 0 radical (unpaired) electrons. The molecule has 2 rings (SSSR count). The summed E-state index contributed by atoms with van der Waals surface area (Å²) in [6.07, 6.45) is 0. The third-order valence-electron chi connectivity index (χ3n) is 3.24. The monoisotopic (exact) mass is 301 g/mol. The molecule has 2 aromatic rings. The number of hydrogen-bond acceptors (Lipinski definition) is 4. The van der Waals surface area contributed by atoms with Crippen LogP contribution in [0.5, 0.6) is 0 Å². The van der Waals surface area contributed by atoms with Crippen molar-refractivity contribution in [2.24, 2.45) is 7.05 Å². The van der Waals surface area contributed by atoms with Gasteiger partial charge in [0.1, 0.15) is 5.69 Å². The van der Waals surface area contributed by atoms with Crippen LogP contribution in [0.2, 0.25) is 0 Å². The van der Waals surface area contributed by atoms with Gasteiger partial charge in [0.05, 0.1) is 12.6 Å². The van der Waals surface area contributed by atoms with Gasteiger partial charge in [0.15, 0.2) is 5.69 Å². The van der Waals surface area contributed by atoms with Gasteiger partial charge in [0.25, 0.3) is 5.91 Å². The number of rotatable bonds is 5. The average molecular weight is 301 g/mol. The largest absolute Gasteiger partial charge is 0.461 e. The lowest BCUT2D eigenvalue weighted by molar-refractivity contribution is 0.0513. The highest BCUT2D eigenvalue weighted by atomic mass is 16.5. The fourth-order valence-electron chi connectivity index (χ4n) is 2.07. The minimum atomic E-state index is -0.493. The average Bonchev–Trinajstić information content (AvgIpc) is 2.90. The maximum absolute atomic E-state index is 12.2. The Morgan fingerprint density at radius 1 is 1.32 bits per heavy atom. The molecular weight excluding hydrogens is 282 g/mol. The molecule has 1 amide bonds. The van der Waals surface area contributed by atoms with Crippen LogP contribution in [0.25, 0.3) is 0 Å². The normalized spacial score (nSPS) is 11.8. The van der Waals surface area contributed by atoms with Gasteiger partial charge >= 0.3 is 5.97 Å². The van der Waals surface area contributed by atoms with Crippen LogP contribution in [0.4, 0.5) is 0 Å².